The van der Waals surface area contributed by atoms with Crippen molar-refractivity contribution in [3.8, 4) is 0 Å². The molecule has 2 rings (SSSR count). The molecule has 2 N–H and O–H groups in total. The molecule has 0 aliphatic heterocycles. The molecule has 0 saturated heterocycles. The number of nitro groups is 1. The van der Waals surface area contributed by atoms with Crippen molar-refractivity contribution in [3.63, 3.8) is 0 Å². The minimum atomic E-state index is -0.925. The summed E-state index contributed by atoms with van der Waals surface area (Å²) in [6.45, 7) is 0. The van der Waals surface area contributed by atoms with Crippen molar-refractivity contribution in [3.05, 3.63) is 37.4 Å². The molecule has 1 aromatic rings. The number of hydrogen-bond donors (Lipinski definition) is 2. The Morgan fingerprint density at radius 2 is 2.10 bits per heavy atom. The second kappa shape index (κ2) is 6.37. The molecule has 2 unspecified atom stereocenters. The highest BCUT2D eigenvalue weighted by molar-refractivity contribution is 14.1. The fourth-order valence-electron chi connectivity index (χ4n) is 2.48. The molecule has 7 nitrogen and oxygen atoms in total. The van der Waals surface area contributed by atoms with E-state index in [0.29, 0.717) is 16.4 Å². The summed E-state index contributed by atoms with van der Waals surface area (Å²) in [6.07, 6.45) is 1.88. The third-order valence-corrected chi connectivity index (χ3v) is 4.50. The van der Waals surface area contributed by atoms with E-state index in [1.807, 2.05) is 22.6 Å². The molecule has 2 atom stereocenters. The summed E-state index contributed by atoms with van der Waals surface area (Å²) < 4.78 is 0.584. The van der Waals surface area contributed by atoms with E-state index in [4.69, 9.17) is 5.11 Å². The number of nitro benzene ring substituents is 1. The molecule has 112 valence electrons. The van der Waals surface area contributed by atoms with Crippen molar-refractivity contribution in [2.24, 2.45) is 5.92 Å². The van der Waals surface area contributed by atoms with E-state index in [1.165, 1.54) is 18.2 Å². The summed E-state index contributed by atoms with van der Waals surface area (Å²) in [5, 5.41) is 22.5. The smallest absolute Gasteiger partial charge is 0.308 e. The fraction of sp³-hybridized carbons (Fsp3) is 0.385. The predicted octanol–water partition coefficient (Wildman–Crippen LogP) is 2.18. The van der Waals surface area contributed by atoms with Gasteiger partial charge in [0.25, 0.3) is 11.6 Å². The molecule has 1 aliphatic carbocycles. The average molecular weight is 404 g/mol. The maximum absolute atomic E-state index is 12.2. The van der Waals surface area contributed by atoms with Crippen molar-refractivity contribution in [2.45, 2.75) is 25.3 Å². The zero-order valence-corrected chi connectivity index (χ0v) is 13.1. The monoisotopic (exact) mass is 404 g/mol. The van der Waals surface area contributed by atoms with Crippen LogP contribution in [0.1, 0.15) is 29.6 Å². The van der Waals surface area contributed by atoms with Crippen LogP contribution in [-0.4, -0.2) is 27.9 Å². The first-order chi connectivity index (χ1) is 9.90. The van der Waals surface area contributed by atoms with Crippen LogP contribution in [0.5, 0.6) is 0 Å². The lowest BCUT2D eigenvalue weighted by Crippen LogP contribution is -2.40. The number of amides is 1. The standard InChI is InChI=1S/C13H13IN2O5/c14-10-5-4-7(16(20)21)6-9(10)12(17)15-11-3-1-2-8(11)13(18)19/h4-6,8,11H,1-3H2,(H,15,17)(H,18,19). The second-order valence-corrected chi connectivity index (χ2v) is 6.04. The summed E-state index contributed by atoms with van der Waals surface area (Å²) in [5.74, 6) is -1.99. The minimum Gasteiger partial charge on any atom is -0.481 e. The molecule has 8 heteroatoms. The highest BCUT2D eigenvalue weighted by atomic mass is 127. The van der Waals surface area contributed by atoms with Gasteiger partial charge in [0, 0.05) is 21.7 Å². The summed E-state index contributed by atoms with van der Waals surface area (Å²) in [7, 11) is 0. The number of carboxylic acids is 1. The Kier molecular flexibility index (Phi) is 4.76. The number of aliphatic carboxylic acids is 1. The predicted molar refractivity (Wildman–Crippen MR) is 82.0 cm³/mol. The van der Waals surface area contributed by atoms with E-state index >= 15 is 0 Å². The van der Waals surface area contributed by atoms with Gasteiger partial charge in [-0.25, -0.2) is 0 Å². The SMILES string of the molecule is O=C(NC1CCCC1C(=O)O)c1cc([N+](=O)[O-])ccc1I. The van der Waals surface area contributed by atoms with E-state index in [2.05, 4.69) is 5.32 Å². The van der Waals surface area contributed by atoms with Crippen LogP contribution in [0.25, 0.3) is 0 Å². The molecule has 0 bridgehead atoms. The quantitative estimate of drug-likeness (QED) is 0.454. The number of benzene rings is 1. The highest BCUT2D eigenvalue weighted by Gasteiger charge is 2.34. The van der Waals surface area contributed by atoms with Crippen LogP contribution in [0.4, 0.5) is 5.69 Å². The first-order valence-electron chi connectivity index (χ1n) is 6.37. The Morgan fingerprint density at radius 1 is 1.38 bits per heavy atom. The van der Waals surface area contributed by atoms with E-state index in [9.17, 15) is 19.7 Å². The number of carboxylic acid groups (broad SMARTS) is 1. The van der Waals surface area contributed by atoms with Gasteiger partial charge in [0.2, 0.25) is 0 Å². The van der Waals surface area contributed by atoms with Crippen LogP contribution >= 0.6 is 22.6 Å². The normalized spacial score (nSPS) is 21.0. The van der Waals surface area contributed by atoms with Gasteiger partial charge in [-0.3, -0.25) is 19.7 Å². The zero-order chi connectivity index (χ0) is 15.6. The first kappa shape index (κ1) is 15.7. The van der Waals surface area contributed by atoms with E-state index < -0.39 is 28.8 Å². The number of carbonyl (C=O) groups is 2. The molecule has 0 radical (unpaired) electrons. The third-order valence-electron chi connectivity index (χ3n) is 3.56. The molecule has 1 saturated carbocycles. The Morgan fingerprint density at radius 3 is 2.71 bits per heavy atom. The van der Waals surface area contributed by atoms with Crippen molar-refractivity contribution in [1.29, 1.82) is 0 Å². The van der Waals surface area contributed by atoms with Crippen LogP contribution in [0.15, 0.2) is 18.2 Å². The molecule has 1 amide bonds. The second-order valence-electron chi connectivity index (χ2n) is 4.88. The van der Waals surface area contributed by atoms with Gasteiger partial charge in [-0.05, 0) is 41.5 Å². The summed E-state index contributed by atoms with van der Waals surface area (Å²) >= 11 is 1.92. The van der Waals surface area contributed by atoms with Crippen molar-refractivity contribution in [2.75, 3.05) is 0 Å². The molecule has 1 fully saturated rings. The number of carbonyl (C=O) groups excluding carboxylic acids is 1. The lowest BCUT2D eigenvalue weighted by molar-refractivity contribution is -0.384. The Labute approximate surface area is 134 Å². The third kappa shape index (κ3) is 3.49. The van der Waals surface area contributed by atoms with Gasteiger partial charge < -0.3 is 10.4 Å². The zero-order valence-electron chi connectivity index (χ0n) is 10.9. The van der Waals surface area contributed by atoms with Crippen molar-refractivity contribution < 1.29 is 19.6 Å². The van der Waals surface area contributed by atoms with E-state index in [-0.39, 0.29) is 11.3 Å². The van der Waals surface area contributed by atoms with Gasteiger partial charge in [-0.15, -0.1) is 0 Å². The van der Waals surface area contributed by atoms with Gasteiger partial charge in [-0.1, -0.05) is 6.42 Å². The number of nitrogens with zero attached hydrogens (tertiary/aromatic N) is 1. The average Bonchev–Trinajstić information content (AvgIpc) is 2.87. The number of non-ortho nitro benzene ring substituents is 1. The van der Waals surface area contributed by atoms with E-state index in [1.54, 1.807) is 0 Å². The van der Waals surface area contributed by atoms with Crippen molar-refractivity contribution in [1.82, 2.24) is 5.32 Å². The summed E-state index contributed by atoms with van der Waals surface area (Å²) in [4.78, 5) is 33.5. The number of halogens is 1. The van der Waals surface area contributed by atoms with Crippen LogP contribution < -0.4 is 5.32 Å². The number of rotatable bonds is 4. The lowest BCUT2D eigenvalue weighted by Gasteiger charge is -2.18. The van der Waals surface area contributed by atoms with Gasteiger partial charge >= 0.3 is 5.97 Å². The number of nitrogens with one attached hydrogen (secondary N) is 1. The van der Waals surface area contributed by atoms with Crippen LogP contribution in [0.3, 0.4) is 0 Å². The lowest BCUT2D eigenvalue weighted by atomic mass is 10.0. The van der Waals surface area contributed by atoms with Gasteiger partial charge in [0.05, 0.1) is 16.4 Å². The Balaban J connectivity index is 2.18. The maximum Gasteiger partial charge on any atom is 0.308 e. The van der Waals surface area contributed by atoms with Crippen LogP contribution in [0, 0.1) is 19.6 Å². The topological polar surface area (TPSA) is 110 Å². The van der Waals surface area contributed by atoms with Crippen LogP contribution in [-0.2, 0) is 4.79 Å². The maximum atomic E-state index is 12.2. The molecule has 1 aromatic carbocycles. The largest absolute Gasteiger partial charge is 0.481 e. The molecular weight excluding hydrogens is 391 g/mol. The molecular formula is C13H13IN2O5. The fourth-order valence-corrected chi connectivity index (χ4v) is 3.06. The van der Waals surface area contributed by atoms with Crippen molar-refractivity contribution >= 4 is 40.2 Å². The van der Waals surface area contributed by atoms with Gasteiger partial charge in [-0.2, -0.15) is 0 Å². The molecule has 21 heavy (non-hydrogen) atoms. The molecule has 0 spiro atoms. The van der Waals surface area contributed by atoms with Gasteiger partial charge in [0.15, 0.2) is 0 Å². The Hall–Kier alpha value is -1.71. The summed E-state index contributed by atoms with van der Waals surface area (Å²) in [6, 6.07) is 3.61. The van der Waals surface area contributed by atoms with Crippen LogP contribution in [0.2, 0.25) is 0 Å². The minimum absolute atomic E-state index is 0.165. The van der Waals surface area contributed by atoms with Gasteiger partial charge in [0.1, 0.15) is 0 Å². The molecule has 0 aromatic heterocycles. The molecule has 1 aliphatic rings. The molecule has 0 heterocycles. The summed E-state index contributed by atoms with van der Waals surface area (Å²) in [5.41, 5.74) is 0.0302. The van der Waals surface area contributed by atoms with E-state index in [0.717, 1.165) is 6.42 Å². The Bertz CT molecular complexity index is 604. The first-order valence-corrected chi connectivity index (χ1v) is 7.45. The highest BCUT2D eigenvalue weighted by Crippen LogP contribution is 2.27. The number of hydrogen-bond acceptors (Lipinski definition) is 4.